The molecule has 1 aliphatic rings. The van der Waals surface area contributed by atoms with E-state index in [9.17, 15) is 9.59 Å². The van der Waals surface area contributed by atoms with Crippen LogP contribution in [-0.4, -0.2) is 29.9 Å². The third-order valence-electron chi connectivity index (χ3n) is 4.82. The van der Waals surface area contributed by atoms with Gasteiger partial charge >= 0.3 is 6.03 Å². The maximum absolute atomic E-state index is 12.5. The van der Waals surface area contributed by atoms with Gasteiger partial charge in [-0.25, -0.2) is 4.79 Å². The number of rotatable bonds is 4. The molecule has 3 rings (SSSR count). The van der Waals surface area contributed by atoms with Crippen molar-refractivity contribution < 1.29 is 9.59 Å². The summed E-state index contributed by atoms with van der Waals surface area (Å²) in [5.74, 6) is -0.139. The normalized spacial score (nSPS) is 16.8. The van der Waals surface area contributed by atoms with Crippen molar-refractivity contribution in [2.24, 2.45) is 5.92 Å². The maximum atomic E-state index is 12.5. The van der Waals surface area contributed by atoms with Gasteiger partial charge in [0.25, 0.3) is 0 Å². The molecule has 2 aromatic rings. The maximum Gasteiger partial charge on any atom is 0.321 e. The topological polar surface area (TPSA) is 61.4 Å². The lowest BCUT2D eigenvalue weighted by atomic mass is 9.97. The third-order valence-corrected chi connectivity index (χ3v) is 4.82. The van der Waals surface area contributed by atoms with E-state index in [4.69, 9.17) is 0 Å². The molecule has 5 nitrogen and oxygen atoms in total. The molecular formula is C21H25N3O2. The number of likely N-dealkylation sites (tertiary alicyclic amines) is 1. The summed E-state index contributed by atoms with van der Waals surface area (Å²) < 4.78 is 0. The molecule has 0 spiro atoms. The molecule has 3 amide bonds. The van der Waals surface area contributed by atoms with Crippen LogP contribution < -0.4 is 10.6 Å². The summed E-state index contributed by atoms with van der Waals surface area (Å²) in [7, 11) is 0. The zero-order valence-corrected chi connectivity index (χ0v) is 15.1. The minimum absolute atomic E-state index is 0.0189. The fraction of sp³-hybridized carbons (Fsp3) is 0.333. The van der Waals surface area contributed by atoms with E-state index in [1.54, 1.807) is 4.90 Å². The Kier molecular flexibility index (Phi) is 5.89. The van der Waals surface area contributed by atoms with Gasteiger partial charge in [0.1, 0.15) is 0 Å². The molecule has 5 heteroatoms. The molecule has 2 aromatic carbocycles. The SMILES string of the molecule is Cc1ccccc1CNC(=O)[C@@H]1CCCN(C(=O)Nc2ccccc2)C1. The van der Waals surface area contributed by atoms with E-state index >= 15 is 0 Å². The number of para-hydroxylation sites is 1. The van der Waals surface area contributed by atoms with Crippen LogP contribution in [0.4, 0.5) is 10.5 Å². The Balaban J connectivity index is 1.53. The second-order valence-electron chi connectivity index (χ2n) is 6.73. The largest absolute Gasteiger partial charge is 0.352 e. The summed E-state index contributed by atoms with van der Waals surface area (Å²) in [6, 6.07) is 17.3. The van der Waals surface area contributed by atoms with Gasteiger partial charge in [-0.3, -0.25) is 4.79 Å². The second kappa shape index (κ2) is 8.52. The molecule has 26 heavy (non-hydrogen) atoms. The van der Waals surface area contributed by atoms with Gasteiger partial charge in [-0.15, -0.1) is 0 Å². The highest BCUT2D eigenvalue weighted by Gasteiger charge is 2.28. The Morgan fingerprint density at radius 3 is 2.58 bits per heavy atom. The standard InChI is InChI=1S/C21H25N3O2/c1-16-8-5-6-9-17(16)14-22-20(25)18-10-7-13-24(15-18)21(26)23-19-11-3-2-4-12-19/h2-6,8-9,11-12,18H,7,10,13-15H2,1H3,(H,22,25)(H,23,26)/t18-/m1/s1. The molecule has 0 saturated carbocycles. The highest BCUT2D eigenvalue weighted by atomic mass is 16.2. The smallest absolute Gasteiger partial charge is 0.321 e. The first-order valence-corrected chi connectivity index (χ1v) is 9.06. The van der Waals surface area contributed by atoms with Crippen molar-refractivity contribution in [1.82, 2.24) is 10.2 Å². The van der Waals surface area contributed by atoms with Crippen molar-refractivity contribution in [3.63, 3.8) is 0 Å². The van der Waals surface area contributed by atoms with Gasteiger partial charge in [-0.2, -0.15) is 0 Å². The van der Waals surface area contributed by atoms with Gasteiger partial charge in [-0.05, 0) is 43.0 Å². The van der Waals surface area contributed by atoms with Gasteiger partial charge in [0.05, 0.1) is 5.92 Å². The highest BCUT2D eigenvalue weighted by molar-refractivity contribution is 5.90. The first kappa shape index (κ1) is 18.0. The average molecular weight is 351 g/mol. The van der Waals surface area contributed by atoms with E-state index in [1.165, 1.54) is 5.56 Å². The monoisotopic (exact) mass is 351 g/mol. The lowest BCUT2D eigenvalue weighted by Crippen LogP contribution is -2.46. The number of benzene rings is 2. The van der Waals surface area contributed by atoms with E-state index in [0.717, 1.165) is 24.1 Å². The van der Waals surface area contributed by atoms with Crippen molar-refractivity contribution in [2.75, 3.05) is 18.4 Å². The minimum atomic E-state index is -0.158. The van der Waals surface area contributed by atoms with E-state index in [-0.39, 0.29) is 17.9 Å². The van der Waals surface area contributed by atoms with Gasteiger partial charge in [0, 0.05) is 25.3 Å². The Morgan fingerprint density at radius 2 is 1.81 bits per heavy atom. The lowest BCUT2D eigenvalue weighted by molar-refractivity contribution is -0.126. The summed E-state index contributed by atoms with van der Waals surface area (Å²) in [4.78, 5) is 26.7. The van der Waals surface area contributed by atoms with Crippen LogP contribution in [-0.2, 0) is 11.3 Å². The Morgan fingerprint density at radius 1 is 1.08 bits per heavy atom. The van der Waals surface area contributed by atoms with Crippen molar-refractivity contribution in [3.05, 3.63) is 65.7 Å². The van der Waals surface area contributed by atoms with Gasteiger partial charge in [0.2, 0.25) is 5.91 Å². The quantitative estimate of drug-likeness (QED) is 0.885. The van der Waals surface area contributed by atoms with Crippen LogP contribution in [0, 0.1) is 12.8 Å². The third kappa shape index (κ3) is 4.63. The second-order valence-corrected chi connectivity index (χ2v) is 6.73. The Labute approximate surface area is 154 Å². The Hall–Kier alpha value is -2.82. The number of anilines is 1. The number of nitrogens with zero attached hydrogens (tertiary/aromatic N) is 1. The number of aryl methyl sites for hydroxylation is 1. The molecule has 2 N–H and O–H groups in total. The van der Waals surface area contributed by atoms with Crippen molar-refractivity contribution in [1.29, 1.82) is 0 Å². The first-order chi connectivity index (χ1) is 12.6. The van der Waals surface area contributed by atoms with E-state index < -0.39 is 0 Å². The zero-order chi connectivity index (χ0) is 18.4. The van der Waals surface area contributed by atoms with Gasteiger partial charge in [0.15, 0.2) is 0 Å². The number of carbonyl (C=O) groups is 2. The summed E-state index contributed by atoms with van der Waals surface area (Å²) in [5.41, 5.74) is 3.05. The molecule has 0 aliphatic carbocycles. The van der Waals surface area contributed by atoms with Crippen LogP contribution in [0.25, 0.3) is 0 Å². The number of hydrogen-bond donors (Lipinski definition) is 2. The summed E-state index contributed by atoms with van der Waals surface area (Å²) in [5, 5.41) is 5.91. The molecule has 1 aliphatic heterocycles. The van der Waals surface area contributed by atoms with E-state index in [1.807, 2.05) is 61.5 Å². The first-order valence-electron chi connectivity index (χ1n) is 9.06. The predicted molar refractivity (Wildman–Crippen MR) is 103 cm³/mol. The highest BCUT2D eigenvalue weighted by Crippen LogP contribution is 2.18. The fourth-order valence-electron chi connectivity index (χ4n) is 3.23. The van der Waals surface area contributed by atoms with Crippen LogP contribution in [0.5, 0.6) is 0 Å². The molecule has 136 valence electrons. The summed E-state index contributed by atoms with van der Waals surface area (Å²) >= 11 is 0. The van der Waals surface area contributed by atoms with E-state index in [2.05, 4.69) is 10.6 Å². The Bertz CT molecular complexity index is 761. The predicted octanol–water partition coefficient (Wildman–Crippen LogP) is 3.56. The summed E-state index contributed by atoms with van der Waals surface area (Å²) in [6.45, 7) is 3.70. The van der Waals surface area contributed by atoms with E-state index in [0.29, 0.717) is 19.6 Å². The fourth-order valence-corrected chi connectivity index (χ4v) is 3.23. The van der Waals surface area contributed by atoms with Crippen molar-refractivity contribution >= 4 is 17.6 Å². The molecule has 1 fully saturated rings. The summed E-state index contributed by atoms with van der Waals surface area (Å²) in [6.07, 6.45) is 1.65. The molecule has 1 saturated heterocycles. The number of carbonyl (C=O) groups excluding carboxylic acids is 2. The van der Waals surface area contributed by atoms with Gasteiger partial charge in [-0.1, -0.05) is 42.5 Å². The molecule has 0 bridgehead atoms. The number of nitrogens with one attached hydrogen (secondary N) is 2. The van der Waals surface area contributed by atoms with Crippen LogP contribution >= 0.6 is 0 Å². The van der Waals surface area contributed by atoms with Crippen molar-refractivity contribution in [3.8, 4) is 0 Å². The van der Waals surface area contributed by atoms with Crippen molar-refractivity contribution in [2.45, 2.75) is 26.3 Å². The van der Waals surface area contributed by atoms with Crippen LogP contribution in [0.3, 0.4) is 0 Å². The molecule has 0 unspecified atom stereocenters. The number of piperidine rings is 1. The van der Waals surface area contributed by atoms with Crippen LogP contribution in [0.1, 0.15) is 24.0 Å². The zero-order valence-electron chi connectivity index (χ0n) is 15.1. The number of urea groups is 1. The average Bonchev–Trinajstić information content (AvgIpc) is 2.68. The van der Waals surface area contributed by atoms with Gasteiger partial charge < -0.3 is 15.5 Å². The molecular weight excluding hydrogens is 326 g/mol. The minimum Gasteiger partial charge on any atom is -0.352 e. The molecule has 0 aromatic heterocycles. The lowest BCUT2D eigenvalue weighted by Gasteiger charge is -2.32. The van der Waals surface area contributed by atoms with Crippen LogP contribution in [0.15, 0.2) is 54.6 Å². The number of hydrogen-bond acceptors (Lipinski definition) is 2. The molecule has 1 heterocycles. The van der Waals surface area contributed by atoms with Crippen LogP contribution in [0.2, 0.25) is 0 Å². The number of amides is 3. The molecule has 0 radical (unpaired) electrons. The molecule has 1 atom stereocenters.